The number of rotatable bonds is 4. The van der Waals surface area contributed by atoms with Crippen LogP contribution in [-0.4, -0.2) is 20.7 Å². The highest BCUT2D eigenvalue weighted by Crippen LogP contribution is 2.34. The number of nitrogens with zero attached hydrogens (tertiary/aromatic N) is 3. The summed E-state index contributed by atoms with van der Waals surface area (Å²) < 4.78 is 47.0. The molecule has 2 aromatic heterocycles. The molecule has 2 heterocycles. The van der Waals surface area contributed by atoms with Gasteiger partial charge < -0.3 is 9.73 Å². The van der Waals surface area contributed by atoms with Crippen LogP contribution in [0.4, 0.5) is 18.9 Å². The molecule has 0 aliphatic carbocycles. The first-order chi connectivity index (χ1) is 14.3. The second kappa shape index (κ2) is 7.68. The van der Waals surface area contributed by atoms with Gasteiger partial charge in [-0.15, -0.1) is 0 Å². The number of hydrogen-bond donors (Lipinski definition) is 1. The zero-order valence-corrected chi connectivity index (χ0v) is 15.8. The summed E-state index contributed by atoms with van der Waals surface area (Å²) in [6.45, 7) is 0. The summed E-state index contributed by atoms with van der Waals surface area (Å²) in [4.78, 5) is 16.4. The molecule has 0 bridgehead atoms. The number of halogens is 4. The SMILES string of the molecule is O=C(Nc1ccc(-c2cnco2)cc1)c1cnn(-c2ccc(Cl)cc2)c1C(F)(F)F. The predicted molar refractivity (Wildman–Crippen MR) is 103 cm³/mol. The number of oxazole rings is 1. The summed E-state index contributed by atoms with van der Waals surface area (Å²) in [7, 11) is 0. The van der Waals surface area contributed by atoms with Gasteiger partial charge in [-0.25, -0.2) is 9.67 Å². The van der Waals surface area contributed by atoms with Gasteiger partial charge in [0.25, 0.3) is 5.91 Å². The second-order valence-electron chi connectivity index (χ2n) is 6.19. The van der Waals surface area contributed by atoms with E-state index in [0.29, 0.717) is 26.7 Å². The Morgan fingerprint density at radius 3 is 2.33 bits per heavy atom. The molecule has 4 aromatic rings. The van der Waals surface area contributed by atoms with Crippen LogP contribution in [0.1, 0.15) is 16.1 Å². The molecule has 0 aliphatic rings. The summed E-state index contributed by atoms with van der Waals surface area (Å²) in [5, 5.41) is 6.59. The van der Waals surface area contributed by atoms with Gasteiger partial charge in [0.15, 0.2) is 17.8 Å². The van der Waals surface area contributed by atoms with Crippen LogP contribution >= 0.6 is 11.6 Å². The van der Waals surface area contributed by atoms with E-state index < -0.39 is 23.3 Å². The summed E-state index contributed by atoms with van der Waals surface area (Å²) in [5.74, 6) is -0.411. The first-order valence-corrected chi connectivity index (χ1v) is 8.92. The average molecular weight is 433 g/mol. The Kier molecular flexibility index (Phi) is 5.04. The minimum Gasteiger partial charge on any atom is -0.444 e. The van der Waals surface area contributed by atoms with Gasteiger partial charge >= 0.3 is 6.18 Å². The van der Waals surface area contributed by atoms with Crippen LogP contribution in [0.25, 0.3) is 17.0 Å². The molecule has 152 valence electrons. The standard InChI is InChI=1S/C20H12ClF3N4O2/c21-13-3-7-15(8-4-13)28-18(20(22,23)24)16(9-26-28)19(29)27-14-5-1-12(2-6-14)17-10-25-11-30-17/h1-11H,(H,27,29). The first-order valence-electron chi connectivity index (χ1n) is 8.54. The summed E-state index contributed by atoms with van der Waals surface area (Å²) >= 11 is 5.79. The van der Waals surface area contributed by atoms with E-state index in [-0.39, 0.29) is 5.69 Å². The molecular formula is C20H12ClF3N4O2. The van der Waals surface area contributed by atoms with Crippen LogP contribution in [0.3, 0.4) is 0 Å². The van der Waals surface area contributed by atoms with Crippen molar-refractivity contribution < 1.29 is 22.4 Å². The maximum atomic E-state index is 13.7. The number of aromatic nitrogens is 3. The van der Waals surface area contributed by atoms with Crippen molar-refractivity contribution in [2.75, 3.05) is 5.32 Å². The Hall–Kier alpha value is -3.59. The fraction of sp³-hybridized carbons (Fsp3) is 0.0500. The van der Waals surface area contributed by atoms with E-state index in [2.05, 4.69) is 15.4 Å². The van der Waals surface area contributed by atoms with Gasteiger partial charge in [0.2, 0.25) is 0 Å². The van der Waals surface area contributed by atoms with Crippen LogP contribution in [0.15, 0.2) is 71.7 Å². The van der Waals surface area contributed by atoms with Crippen LogP contribution in [0.5, 0.6) is 0 Å². The van der Waals surface area contributed by atoms with Gasteiger partial charge in [0.1, 0.15) is 0 Å². The van der Waals surface area contributed by atoms with Crippen LogP contribution < -0.4 is 5.32 Å². The number of anilines is 1. The molecule has 6 nitrogen and oxygen atoms in total. The highest BCUT2D eigenvalue weighted by molar-refractivity contribution is 6.30. The molecule has 0 spiro atoms. The van der Waals surface area contributed by atoms with Crippen LogP contribution in [-0.2, 0) is 6.18 Å². The molecule has 2 aromatic carbocycles. The third kappa shape index (κ3) is 3.92. The lowest BCUT2D eigenvalue weighted by atomic mass is 10.1. The van der Waals surface area contributed by atoms with E-state index in [9.17, 15) is 18.0 Å². The van der Waals surface area contributed by atoms with Gasteiger partial charge in [-0.2, -0.15) is 18.3 Å². The lowest BCUT2D eigenvalue weighted by molar-refractivity contribution is -0.143. The van der Waals surface area contributed by atoms with E-state index >= 15 is 0 Å². The topological polar surface area (TPSA) is 73.0 Å². The van der Waals surface area contributed by atoms with Gasteiger partial charge in [0.05, 0.1) is 23.6 Å². The molecule has 30 heavy (non-hydrogen) atoms. The fourth-order valence-electron chi connectivity index (χ4n) is 2.84. The zero-order valence-electron chi connectivity index (χ0n) is 15.0. The Balaban J connectivity index is 1.63. The number of hydrogen-bond acceptors (Lipinski definition) is 4. The van der Waals surface area contributed by atoms with Crippen molar-refractivity contribution in [1.29, 1.82) is 0 Å². The lowest BCUT2D eigenvalue weighted by Gasteiger charge is -2.13. The molecule has 0 saturated carbocycles. The van der Waals surface area contributed by atoms with Crippen LogP contribution in [0, 0.1) is 0 Å². The zero-order chi connectivity index (χ0) is 21.3. The fourth-order valence-corrected chi connectivity index (χ4v) is 2.97. The average Bonchev–Trinajstić information content (AvgIpc) is 3.39. The Bertz CT molecular complexity index is 1170. The first kappa shape index (κ1) is 19.7. The number of carbonyl (C=O) groups is 1. The molecule has 0 fully saturated rings. The Morgan fingerprint density at radius 2 is 1.73 bits per heavy atom. The molecule has 0 saturated heterocycles. The highest BCUT2D eigenvalue weighted by Gasteiger charge is 2.40. The maximum Gasteiger partial charge on any atom is 0.434 e. The largest absolute Gasteiger partial charge is 0.444 e. The van der Waals surface area contributed by atoms with E-state index in [1.807, 2.05) is 0 Å². The van der Waals surface area contributed by atoms with Gasteiger partial charge in [-0.3, -0.25) is 4.79 Å². The molecule has 1 N–H and O–H groups in total. The summed E-state index contributed by atoms with van der Waals surface area (Å²) in [6, 6.07) is 12.0. The van der Waals surface area contributed by atoms with Crippen molar-refractivity contribution in [3.8, 4) is 17.0 Å². The van der Waals surface area contributed by atoms with Gasteiger partial charge in [0, 0.05) is 16.3 Å². The quantitative estimate of drug-likeness (QED) is 0.465. The number of amides is 1. The van der Waals surface area contributed by atoms with Crippen molar-refractivity contribution in [1.82, 2.24) is 14.8 Å². The summed E-state index contributed by atoms with van der Waals surface area (Å²) in [5.41, 5.74) is -0.632. The Labute approximate surface area is 172 Å². The van der Waals surface area contributed by atoms with E-state index in [1.165, 1.54) is 36.9 Å². The normalized spacial score (nSPS) is 11.5. The van der Waals surface area contributed by atoms with Gasteiger partial charge in [-0.05, 0) is 48.5 Å². The van der Waals surface area contributed by atoms with Crippen molar-refractivity contribution in [3.63, 3.8) is 0 Å². The Morgan fingerprint density at radius 1 is 1.03 bits per heavy atom. The minimum absolute atomic E-state index is 0.127. The van der Waals surface area contributed by atoms with Crippen LogP contribution in [0.2, 0.25) is 5.02 Å². The number of benzene rings is 2. The van der Waals surface area contributed by atoms with Crippen molar-refractivity contribution in [2.24, 2.45) is 0 Å². The lowest BCUT2D eigenvalue weighted by Crippen LogP contribution is -2.20. The third-order valence-electron chi connectivity index (χ3n) is 4.21. The minimum atomic E-state index is -4.81. The van der Waals surface area contributed by atoms with E-state index in [0.717, 1.165) is 6.20 Å². The van der Waals surface area contributed by atoms with Crippen molar-refractivity contribution >= 4 is 23.2 Å². The molecule has 0 radical (unpaired) electrons. The summed E-state index contributed by atoms with van der Waals surface area (Å²) in [6.07, 6.45) is -1.12. The highest BCUT2D eigenvalue weighted by atomic mass is 35.5. The van der Waals surface area contributed by atoms with E-state index in [1.54, 1.807) is 24.3 Å². The molecular weight excluding hydrogens is 421 g/mol. The number of nitrogens with one attached hydrogen (secondary N) is 1. The van der Waals surface area contributed by atoms with Crippen molar-refractivity contribution in [2.45, 2.75) is 6.18 Å². The third-order valence-corrected chi connectivity index (χ3v) is 4.47. The van der Waals surface area contributed by atoms with Crippen molar-refractivity contribution in [3.05, 3.63) is 83.6 Å². The molecule has 0 atom stereocenters. The number of alkyl halides is 3. The monoisotopic (exact) mass is 432 g/mol. The van der Waals surface area contributed by atoms with Gasteiger partial charge in [-0.1, -0.05) is 11.6 Å². The molecule has 0 aliphatic heterocycles. The predicted octanol–water partition coefficient (Wildman–Crippen LogP) is 5.45. The molecule has 1 amide bonds. The molecule has 10 heteroatoms. The molecule has 0 unspecified atom stereocenters. The van der Waals surface area contributed by atoms with E-state index in [4.69, 9.17) is 16.0 Å². The smallest absolute Gasteiger partial charge is 0.434 e. The molecule has 4 rings (SSSR count). The number of carbonyl (C=O) groups excluding carboxylic acids is 1. The maximum absolute atomic E-state index is 13.7. The second-order valence-corrected chi connectivity index (χ2v) is 6.63.